The summed E-state index contributed by atoms with van der Waals surface area (Å²) in [6.45, 7) is 4.43. The summed E-state index contributed by atoms with van der Waals surface area (Å²) in [7, 11) is 0. The first-order chi connectivity index (χ1) is 10.5. The van der Waals surface area contributed by atoms with Gasteiger partial charge in [-0.15, -0.1) is 11.0 Å². The Kier molecular flexibility index (Phi) is 6.89. The number of aliphatic hydroxyl groups is 3. The number of carbonyl (C=O) groups excluding carboxylic acids is 1. The maximum atomic E-state index is 12.0. The molecule has 22 heavy (non-hydrogen) atoms. The summed E-state index contributed by atoms with van der Waals surface area (Å²) in [5, 5.41) is 31.0. The molecule has 0 saturated carbocycles. The Morgan fingerprint density at radius 3 is 2.82 bits per heavy atom. The fraction of sp³-hybridized carbons (Fsp3) is 0.250. The van der Waals surface area contributed by atoms with Crippen molar-refractivity contribution in [2.45, 2.75) is 6.92 Å². The molecule has 120 valence electrons. The molecule has 0 unspecified atom stereocenters. The van der Waals surface area contributed by atoms with Crippen LogP contribution in [0.15, 0.2) is 51.9 Å². The smallest absolute Gasteiger partial charge is 0.448 e. The van der Waals surface area contributed by atoms with Crippen LogP contribution in [0.1, 0.15) is 6.92 Å². The molecule has 8 nitrogen and oxygen atoms in total. The highest BCUT2D eigenvalue weighted by molar-refractivity contribution is 7.97. The molecule has 10 heteroatoms. The van der Waals surface area contributed by atoms with Gasteiger partial charge in [0.15, 0.2) is 0 Å². The Balaban J connectivity index is 3.01. The first kappa shape index (κ1) is 18.0. The van der Waals surface area contributed by atoms with Gasteiger partial charge in [-0.3, -0.25) is 0 Å². The molecule has 0 spiro atoms. The topological polar surface area (TPSA) is 115 Å². The molecule has 0 bridgehead atoms. The van der Waals surface area contributed by atoms with Crippen LogP contribution in [-0.4, -0.2) is 38.2 Å². The maximum absolute atomic E-state index is 12.0. The van der Waals surface area contributed by atoms with E-state index in [1.165, 1.54) is 6.92 Å². The van der Waals surface area contributed by atoms with Crippen LogP contribution >= 0.6 is 11.9 Å². The lowest BCUT2D eigenvalue weighted by Gasteiger charge is -2.24. The third kappa shape index (κ3) is 4.00. The molecule has 0 radical (unpaired) electrons. The van der Waals surface area contributed by atoms with Crippen LogP contribution in [0.2, 0.25) is 0 Å². The van der Waals surface area contributed by atoms with E-state index < -0.39 is 12.7 Å². The van der Waals surface area contributed by atoms with Crippen LogP contribution in [0.3, 0.4) is 0 Å². The second-order valence-electron chi connectivity index (χ2n) is 3.91. The Bertz CT molecular complexity index is 571. The highest BCUT2D eigenvalue weighted by Crippen LogP contribution is 2.27. The summed E-state index contributed by atoms with van der Waals surface area (Å²) in [4.78, 5) is 12.0. The first-order valence-corrected chi connectivity index (χ1v) is 7.25. The number of dihydropyridines is 1. The largest absolute Gasteiger partial charge is 0.515 e. The summed E-state index contributed by atoms with van der Waals surface area (Å²) in [6, 6.07) is 0. The van der Waals surface area contributed by atoms with E-state index in [2.05, 4.69) is 28.8 Å². The second-order valence-corrected chi connectivity index (χ2v) is 5.01. The standard InChI is InChI=1S/C12H15N3O5S2/c1-3-4-22-15(14-21)12(19)20-11-9(6-17)8(5-16)10(18)7(2)13-11/h3,5,13,16-18H,1,4,6H2,2H3/b8-5-. The monoisotopic (exact) mass is 345 g/mol. The highest BCUT2D eigenvalue weighted by atomic mass is 32.2. The van der Waals surface area contributed by atoms with Crippen molar-refractivity contribution in [2.75, 3.05) is 12.4 Å². The van der Waals surface area contributed by atoms with Crippen molar-refractivity contribution < 1.29 is 24.9 Å². The third-order valence-corrected chi connectivity index (χ3v) is 3.66. The van der Waals surface area contributed by atoms with Crippen molar-refractivity contribution in [3.8, 4) is 0 Å². The van der Waals surface area contributed by atoms with Crippen molar-refractivity contribution in [3.63, 3.8) is 0 Å². The Hall–Kier alpha value is -2.04. The molecule has 0 aromatic heterocycles. The number of ether oxygens (including phenoxy) is 1. The highest BCUT2D eigenvalue weighted by Gasteiger charge is 2.27. The van der Waals surface area contributed by atoms with Crippen LogP contribution < -0.4 is 5.32 Å². The lowest BCUT2D eigenvalue weighted by molar-refractivity contribution is 0.150. The molecule has 0 fully saturated rings. The number of nitrogens with one attached hydrogen (secondary N) is 1. The van der Waals surface area contributed by atoms with Crippen LogP contribution in [0.5, 0.6) is 0 Å². The Labute approximate surface area is 136 Å². The predicted molar refractivity (Wildman–Crippen MR) is 84.1 cm³/mol. The number of rotatable bonds is 6. The number of amides is 1. The van der Waals surface area contributed by atoms with E-state index in [0.29, 0.717) is 12.0 Å². The fourth-order valence-electron chi connectivity index (χ4n) is 1.51. The van der Waals surface area contributed by atoms with Gasteiger partial charge in [-0.1, -0.05) is 10.5 Å². The average Bonchev–Trinajstić information content (AvgIpc) is 2.51. The summed E-state index contributed by atoms with van der Waals surface area (Å²) in [6.07, 6.45) is 1.27. The number of carbonyl (C=O) groups is 1. The summed E-state index contributed by atoms with van der Waals surface area (Å²) < 4.78 is 9.24. The van der Waals surface area contributed by atoms with Gasteiger partial charge in [-0.25, -0.2) is 4.79 Å². The third-order valence-electron chi connectivity index (χ3n) is 2.53. The zero-order valence-electron chi connectivity index (χ0n) is 11.6. The minimum absolute atomic E-state index is 0.0111. The van der Waals surface area contributed by atoms with Crippen LogP contribution in [0, 0.1) is 0 Å². The molecular weight excluding hydrogens is 330 g/mol. The van der Waals surface area contributed by atoms with Crippen LogP contribution in [-0.2, 0) is 17.2 Å². The van der Waals surface area contributed by atoms with E-state index in [0.717, 1.165) is 16.4 Å². The van der Waals surface area contributed by atoms with Gasteiger partial charge in [0, 0.05) is 5.75 Å². The van der Waals surface area contributed by atoms with Gasteiger partial charge < -0.3 is 25.4 Å². The molecule has 0 aliphatic carbocycles. The number of nitrogens with zero attached hydrogens (tertiary/aromatic N) is 2. The normalized spacial score (nSPS) is 16.4. The molecular formula is C12H15N3O5S2. The molecule has 0 aromatic carbocycles. The van der Waals surface area contributed by atoms with E-state index in [9.17, 15) is 20.1 Å². The molecule has 0 aromatic rings. The average molecular weight is 345 g/mol. The number of aliphatic hydroxyl groups excluding tert-OH is 3. The van der Waals surface area contributed by atoms with Crippen molar-refractivity contribution in [2.24, 2.45) is 4.47 Å². The van der Waals surface area contributed by atoms with Crippen molar-refractivity contribution in [3.05, 3.63) is 47.4 Å². The zero-order valence-corrected chi connectivity index (χ0v) is 13.3. The van der Waals surface area contributed by atoms with Gasteiger partial charge in [-0.05, 0) is 18.9 Å². The van der Waals surface area contributed by atoms with Gasteiger partial charge in [0.2, 0.25) is 5.88 Å². The van der Waals surface area contributed by atoms with E-state index in [4.69, 9.17) is 4.74 Å². The van der Waals surface area contributed by atoms with E-state index in [1.807, 2.05) is 0 Å². The van der Waals surface area contributed by atoms with Crippen LogP contribution in [0.25, 0.3) is 0 Å². The molecule has 1 amide bonds. The van der Waals surface area contributed by atoms with Crippen molar-refractivity contribution in [1.29, 1.82) is 0 Å². The van der Waals surface area contributed by atoms with Gasteiger partial charge in [0.25, 0.3) is 0 Å². The molecule has 0 saturated heterocycles. The van der Waals surface area contributed by atoms with Crippen molar-refractivity contribution >= 4 is 30.5 Å². The lowest BCUT2D eigenvalue weighted by atomic mass is 10.0. The lowest BCUT2D eigenvalue weighted by Crippen LogP contribution is -2.29. The molecule has 4 N–H and O–H groups in total. The van der Waals surface area contributed by atoms with E-state index in [-0.39, 0.29) is 28.5 Å². The van der Waals surface area contributed by atoms with E-state index >= 15 is 0 Å². The molecule has 1 aliphatic heterocycles. The molecule has 1 aliphatic rings. The van der Waals surface area contributed by atoms with Gasteiger partial charge >= 0.3 is 6.09 Å². The maximum Gasteiger partial charge on any atom is 0.448 e. The molecule has 1 heterocycles. The SMILES string of the molecule is C=CCSN(N=S)C(=O)OC1=C(CO)/C(=C/O)C(O)=C(C)N1. The molecule has 1 rings (SSSR count). The number of hydrogen-bond acceptors (Lipinski definition) is 9. The summed E-state index contributed by atoms with van der Waals surface area (Å²) >= 11 is 5.45. The minimum Gasteiger partial charge on any atom is -0.515 e. The second kappa shape index (κ2) is 8.41. The van der Waals surface area contributed by atoms with Gasteiger partial charge in [0.1, 0.15) is 5.76 Å². The quantitative estimate of drug-likeness (QED) is 0.250. The van der Waals surface area contributed by atoms with Gasteiger partial charge in [0.05, 0.1) is 42.1 Å². The van der Waals surface area contributed by atoms with E-state index in [1.54, 1.807) is 6.08 Å². The fourth-order valence-corrected chi connectivity index (χ4v) is 2.16. The Morgan fingerprint density at radius 2 is 2.32 bits per heavy atom. The zero-order chi connectivity index (χ0) is 16.7. The first-order valence-electron chi connectivity index (χ1n) is 5.95. The number of hydrogen-bond donors (Lipinski definition) is 4. The number of allylic oxidation sites excluding steroid dienone is 2. The predicted octanol–water partition coefficient (Wildman–Crippen LogP) is 1.94. The summed E-state index contributed by atoms with van der Waals surface area (Å²) in [5.41, 5.74) is 0.194. The Morgan fingerprint density at radius 1 is 1.64 bits per heavy atom. The molecule has 0 atom stereocenters. The summed E-state index contributed by atoms with van der Waals surface area (Å²) in [5.74, 6) is -0.0149. The van der Waals surface area contributed by atoms with Crippen molar-refractivity contribution in [1.82, 2.24) is 9.73 Å². The minimum atomic E-state index is -0.901. The van der Waals surface area contributed by atoms with Gasteiger partial charge in [-0.2, -0.15) is 0 Å². The van der Waals surface area contributed by atoms with Crippen LogP contribution in [0.4, 0.5) is 4.79 Å².